The molecule has 2 heterocycles. The van der Waals surface area contributed by atoms with Gasteiger partial charge in [-0.15, -0.1) is 0 Å². The van der Waals surface area contributed by atoms with Crippen molar-refractivity contribution in [2.45, 2.75) is 50.8 Å². The zero-order valence-electron chi connectivity index (χ0n) is 20.0. The smallest absolute Gasteiger partial charge is 0.475 e. The molecule has 0 aromatic heterocycles. The maximum Gasteiger partial charge on any atom is 0.490 e. The molecule has 0 bridgehead atoms. The molecule has 2 fully saturated rings. The van der Waals surface area contributed by atoms with Crippen LogP contribution in [-0.4, -0.2) is 92.8 Å². The summed E-state index contributed by atoms with van der Waals surface area (Å²) in [6.45, 7) is 9.09. The lowest BCUT2D eigenvalue weighted by Gasteiger charge is -2.31. The van der Waals surface area contributed by atoms with Crippen molar-refractivity contribution in [2.24, 2.45) is 0 Å². The number of halogens is 3. The van der Waals surface area contributed by atoms with Gasteiger partial charge in [0.2, 0.25) is 15.9 Å². The molecule has 0 saturated carbocycles. The first kappa shape index (κ1) is 29.0. The van der Waals surface area contributed by atoms with E-state index in [0.29, 0.717) is 25.3 Å². The topological polar surface area (TPSA) is 116 Å². The molecule has 1 amide bonds. The minimum absolute atomic E-state index is 0.144. The number of carbonyl (C=O) groups is 2. The van der Waals surface area contributed by atoms with Gasteiger partial charge in [0.15, 0.2) is 0 Å². The summed E-state index contributed by atoms with van der Waals surface area (Å²) in [5.41, 5.74) is 2.68. The van der Waals surface area contributed by atoms with Gasteiger partial charge >= 0.3 is 12.1 Å². The summed E-state index contributed by atoms with van der Waals surface area (Å²) < 4.78 is 65.8. The van der Waals surface area contributed by atoms with Crippen molar-refractivity contribution in [1.29, 1.82) is 0 Å². The molecule has 13 heteroatoms. The van der Waals surface area contributed by atoms with Crippen LogP contribution in [0, 0.1) is 20.8 Å². The van der Waals surface area contributed by atoms with Crippen molar-refractivity contribution in [3.8, 4) is 0 Å². The Morgan fingerprint density at radius 1 is 1.14 bits per heavy atom. The SMILES string of the molecule is Cc1cc(C)c(S(=O)(=O)N(CC(=O)N2CCNCC2)CC2CCCO2)cc1C.O=C(O)C(F)(F)F. The van der Waals surface area contributed by atoms with Gasteiger partial charge in [-0.1, -0.05) is 6.07 Å². The molecule has 0 spiro atoms. The molecular formula is C22H32F3N3O6S. The number of ether oxygens (including phenoxy) is 1. The number of nitrogens with one attached hydrogen (secondary N) is 1. The number of nitrogens with zero attached hydrogens (tertiary/aromatic N) is 2. The van der Waals surface area contributed by atoms with E-state index in [1.165, 1.54) is 4.31 Å². The zero-order valence-corrected chi connectivity index (χ0v) is 20.8. The number of carboxylic acids is 1. The van der Waals surface area contributed by atoms with E-state index >= 15 is 0 Å². The number of rotatable bonds is 6. The molecule has 0 radical (unpaired) electrons. The normalized spacial score (nSPS) is 18.8. The zero-order chi connectivity index (χ0) is 26.4. The third kappa shape index (κ3) is 8.16. The fraction of sp³-hybridized carbons (Fsp3) is 0.636. The third-order valence-electron chi connectivity index (χ3n) is 5.86. The van der Waals surface area contributed by atoms with E-state index in [1.807, 2.05) is 26.8 Å². The van der Waals surface area contributed by atoms with Crippen LogP contribution in [0.4, 0.5) is 13.2 Å². The number of aryl methyl sites for hydroxylation is 3. The van der Waals surface area contributed by atoms with Gasteiger partial charge in [0, 0.05) is 39.3 Å². The molecule has 1 aromatic carbocycles. The van der Waals surface area contributed by atoms with E-state index in [9.17, 15) is 26.4 Å². The predicted molar refractivity (Wildman–Crippen MR) is 122 cm³/mol. The van der Waals surface area contributed by atoms with E-state index in [1.54, 1.807) is 11.0 Å². The molecule has 1 atom stereocenters. The monoisotopic (exact) mass is 523 g/mol. The summed E-state index contributed by atoms with van der Waals surface area (Å²) in [7, 11) is -3.80. The van der Waals surface area contributed by atoms with Crippen LogP contribution < -0.4 is 5.32 Å². The van der Waals surface area contributed by atoms with Crippen LogP contribution in [0.3, 0.4) is 0 Å². The van der Waals surface area contributed by atoms with E-state index in [2.05, 4.69) is 5.32 Å². The van der Waals surface area contributed by atoms with Crippen molar-refractivity contribution in [3.05, 3.63) is 28.8 Å². The summed E-state index contributed by atoms with van der Waals surface area (Å²) >= 11 is 0. The Kier molecular flexibility index (Phi) is 10.1. The first-order valence-corrected chi connectivity index (χ1v) is 12.7. The average Bonchev–Trinajstić information content (AvgIpc) is 3.29. The van der Waals surface area contributed by atoms with E-state index in [4.69, 9.17) is 14.6 Å². The molecule has 35 heavy (non-hydrogen) atoms. The van der Waals surface area contributed by atoms with Gasteiger partial charge in [-0.2, -0.15) is 17.5 Å². The van der Waals surface area contributed by atoms with Crippen LogP contribution in [0.25, 0.3) is 0 Å². The van der Waals surface area contributed by atoms with Crippen LogP contribution in [-0.2, 0) is 24.3 Å². The highest BCUT2D eigenvalue weighted by Gasteiger charge is 2.38. The van der Waals surface area contributed by atoms with Crippen molar-refractivity contribution in [2.75, 3.05) is 45.9 Å². The maximum atomic E-state index is 13.5. The largest absolute Gasteiger partial charge is 0.490 e. The van der Waals surface area contributed by atoms with Gasteiger partial charge in [-0.25, -0.2) is 13.2 Å². The number of carboxylic acid groups (broad SMARTS) is 1. The van der Waals surface area contributed by atoms with Gasteiger partial charge in [0.25, 0.3) is 0 Å². The van der Waals surface area contributed by atoms with Gasteiger partial charge in [0.05, 0.1) is 17.5 Å². The standard InChI is InChI=1S/C20H31N3O4S.C2HF3O2/c1-15-11-17(3)19(12-16(15)2)28(25,26)23(13-18-5-4-10-27-18)14-20(24)22-8-6-21-7-9-22;3-2(4,5)1(6)7/h11-12,18,21H,4-10,13-14H2,1-3H3;(H,6,7). The summed E-state index contributed by atoms with van der Waals surface area (Å²) in [4.78, 5) is 23.7. The second-order valence-electron chi connectivity index (χ2n) is 8.57. The number of amides is 1. The molecule has 198 valence electrons. The van der Waals surface area contributed by atoms with Crippen molar-refractivity contribution < 1.29 is 41.0 Å². The number of benzene rings is 1. The maximum absolute atomic E-state index is 13.5. The van der Waals surface area contributed by atoms with Crippen LogP contribution in [0.15, 0.2) is 17.0 Å². The second-order valence-corrected chi connectivity index (χ2v) is 10.5. The third-order valence-corrected chi connectivity index (χ3v) is 7.82. The number of hydrogen-bond donors (Lipinski definition) is 2. The van der Waals surface area contributed by atoms with Crippen molar-refractivity contribution in [3.63, 3.8) is 0 Å². The summed E-state index contributed by atoms with van der Waals surface area (Å²) in [5, 5.41) is 10.3. The fourth-order valence-corrected chi connectivity index (χ4v) is 5.49. The lowest BCUT2D eigenvalue weighted by Crippen LogP contribution is -2.51. The highest BCUT2D eigenvalue weighted by molar-refractivity contribution is 7.89. The molecule has 3 rings (SSSR count). The number of aliphatic carboxylic acids is 1. The quantitative estimate of drug-likeness (QED) is 0.585. The number of alkyl halides is 3. The highest BCUT2D eigenvalue weighted by atomic mass is 32.2. The second kappa shape index (κ2) is 12.2. The number of piperazine rings is 1. The number of hydrogen-bond acceptors (Lipinski definition) is 6. The Balaban J connectivity index is 0.000000540. The fourth-order valence-electron chi connectivity index (χ4n) is 3.78. The molecule has 1 aromatic rings. The summed E-state index contributed by atoms with van der Waals surface area (Å²) in [5.74, 6) is -2.91. The lowest BCUT2D eigenvalue weighted by atomic mass is 10.1. The summed E-state index contributed by atoms with van der Waals surface area (Å²) in [6, 6.07) is 3.61. The van der Waals surface area contributed by atoms with Crippen LogP contribution in [0.2, 0.25) is 0 Å². The first-order valence-electron chi connectivity index (χ1n) is 11.2. The van der Waals surface area contributed by atoms with E-state index in [0.717, 1.165) is 37.1 Å². The molecule has 2 aliphatic rings. The highest BCUT2D eigenvalue weighted by Crippen LogP contribution is 2.25. The number of carbonyl (C=O) groups excluding carboxylic acids is 1. The Morgan fingerprint density at radius 2 is 1.71 bits per heavy atom. The molecule has 2 saturated heterocycles. The Hall–Kier alpha value is -2.22. The Morgan fingerprint density at radius 3 is 2.23 bits per heavy atom. The van der Waals surface area contributed by atoms with Crippen LogP contribution in [0.1, 0.15) is 29.5 Å². The Bertz CT molecular complexity index is 1000. The molecule has 9 nitrogen and oxygen atoms in total. The van der Waals surface area contributed by atoms with E-state index in [-0.39, 0.29) is 30.0 Å². The van der Waals surface area contributed by atoms with Gasteiger partial charge in [-0.05, 0) is 56.4 Å². The molecule has 2 N–H and O–H groups in total. The summed E-state index contributed by atoms with van der Waals surface area (Å²) in [6.07, 6.45) is -3.50. The van der Waals surface area contributed by atoms with Gasteiger partial charge < -0.3 is 20.1 Å². The Labute approximate surface area is 203 Å². The van der Waals surface area contributed by atoms with Gasteiger partial charge in [-0.3, -0.25) is 4.79 Å². The van der Waals surface area contributed by atoms with Crippen molar-refractivity contribution >= 4 is 21.9 Å². The minimum Gasteiger partial charge on any atom is -0.475 e. The van der Waals surface area contributed by atoms with E-state index < -0.39 is 22.2 Å². The average molecular weight is 524 g/mol. The lowest BCUT2D eigenvalue weighted by molar-refractivity contribution is -0.192. The molecular weight excluding hydrogens is 491 g/mol. The number of sulfonamides is 1. The van der Waals surface area contributed by atoms with Crippen LogP contribution in [0.5, 0.6) is 0 Å². The minimum atomic E-state index is -5.08. The molecule has 0 aliphatic carbocycles. The molecule has 1 unspecified atom stereocenters. The first-order chi connectivity index (χ1) is 16.2. The predicted octanol–water partition coefficient (Wildman–Crippen LogP) is 1.85. The van der Waals surface area contributed by atoms with Crippen molar-refractivity contribution in [1.82, 2.24) is 14.5 Å². The van der Waals surface area contributed by atoms with Crippen LogP contribution >= 0.6 is 0 Å². The van der Waals surface area contributed by atoms with Gasteiger partial charge in [0.1, 0.15) is 0 Å². The molecule has 2 aliphatic heterocycles.